The normalized spacial score (nSPS) is 10.8. The lowest BCUT2D eigenvalue weighted by Gasteiger charge is -2.05. The predicted octanol–water partition coefficient (Wildman–Crippen LogP) is 2.03. The van der Waals surface area contributed by atoms with Gasteiger partial charge in [0.25, 0.3) is 0 Å². The van der Waals surface area contributed by atoms with Crippen LogP contribution < -0.4 is 0 Å². The van der Waals surface area contributed by atoms with Crippen LogP contribution >= 0.6 is 23.4 Å². The Morgan fingerprint density at radius 2 is 2.06 bits per heavy atom. The Morgan fingerprint density at radius 3 is 2.69 bits per heavy atom. The molecule has 0 unspecified atom stereocenters. The highest BCUT2D eigenvalue weighted by atomic mass is 35.5. The predicted molar refractivity (Wildman–Crippen MR) is 61.6 cm³/mol. The van der Waals surface area contributed by atoms with Crippen LogP contribution in [0.5, 0.6) is 0 Å². The van der Waals surface area contributed by atoms with Crippen molar-refractivity contribution < 1.29 is 0 Å². The summed E-state index contributed by atoms with van der Waals surface area (Å²) in [6, 6.07) is 0. The molecule has 0 aromatic carbocycles. The van der Waals surface area contributed by atoms with E-state index in [0.29, 0.717) is 11.0 Å². The van der Waals surface area contributed by atoms with Crippen LogP contribution in [0, 0.1) is 13.8 Å². The number of halogens is 1. The lowest BCUT2D eigenvalue weighted by Crippen LogP contribution is -1.98. The van der Waals surface area contributed by atoms with Crippen LogP contribution in [-0.4, -0.2) is 24.7 Å². The molecule has 0 aliphatic carbocycles. The quantitative estimate of drug-likeness (QED) is 0.769. The van der Waals surface area contributed by atoms with Crippen LogP contribution in [0.4, 0.5) is 0 Å². The molecule has 84 valence electrons. The van der Waals surface area contributed by atoms with E-state index < -0.39 is 0 Å². The van der Waals surface area contributed by atoms with E-state index in [2.05, 4.69) is 20.1 Å². The van der Waals surface area contributed by atoms with E-state index in [1.165, 1.54) is 18.1 Å². The van der Waals surface area contributed by atoms with E-state index in [9.17, 15) is 0 Å². The van der Waals surface area contributed by atoms with Crippen molar-refractivity contribution in [3.8, 4) is 0 Å². The van der Waals surface area contributed by atoms with E-state index in [-0.39, 0.29) is 0 Å². The van der Waals surface area contributed by atoms with Crippen molar-refractivity contribution in [3.63, 3.8) is 0 Å². The summed E-state index contributed by atoms with van der Waals surface area (Å²) in [7, 11) is 1.83. The number of aromatic nitrogens is 5. The molecule has 0 saturated heterocycles. The number of aryl methyl sites for hydroxylation is 2. The molecule has 2 heterocycles. The van der Waals surface area contributed by atoms with Gasteiger partial charge in [0.15, 0.2) is 5.16 Å². The first-order valence-electron chi connectivity index (χ1n) is 4.60. The fourth-order valence-corrected chi connectivity index (χ4v) is 2.28. The Balaban J connectivity index is 2.38. The first kappa shape index (κ1) is 11.3. The second kappa shape index (κ2) is 4.39. The van der Waals surface area contributed by atoms with Gasteiger partial charge in [-0.15, -0.1) is 0 Å². The van der Waals surface area contributed by atoms with Gasteiger partial charge < -0.3 is 0 Å². The SMILES string of the molecule is Cc1nc(Cl)c(C)c(Sc2ncnn2C)n1. The van der Waals surface area contributed by atoms with Crippen molar-refractivity contribution in [1.29, 1.82) is 0 Å². The second-order valence-corrected chi connectivity index (χ2v) is 4.57. The third-order valence-electron chi connectivity index (χ3n) is 2.01. The minimum absolute atomic E-state index is 0.483. The standard InChI is InChI=1S/C9H10ClN5S/c1-5-7(10)13-6(2)14-8(5)16-9-11-4-12-15(9)3/h4H,1-3H3. The van der Waals surface area contributed by atoms with Crippen molar-refractivity contribution in [2.75, 3.05) is 0 Å². The molecule has 0 spiro atoms. The Morgan fingerprint density at radius 1 is 1.31 bits per heavy atom. The monoisotopic (exact) mass is 255 g/mol. The van der Waals surface area contributed by atoms with Crippen LogP contribution in [0.1, 0.15) is 11.4 Å². The molecule has 0 radical (unpaired) electrons. The zero-order valence-electron chi connectivity index (χ0n) is 9.10. The first-order chi connectivity index (χ1) is 7.58. The first-order valence-corrected chi connectivity index (χ1v) is 5.80. The highest BCUT2D eigenvalue weighted by molar-refractivity contribution is 7.99. The van der Waals surface area contributed by atoms with Crippen LogP contribution in [0.3, 0.4) is 0 Å². The Bertz CT molecular complexity index is 525. The summed E-state index contributed by atoms with van der Waals surface area (Å²) in [5, 5.41) is 6.07. The molecule has 0 bridgehead atoms. The Kier molecular flexibility index (Phi) is 3.11. The van der Waals surface area contributed by atoms with Gasteiger partial charge in [-0.05, 0) is 25.6 Å². The van der Waals surface area contributed by atoms with E-state index >= 15 is 0 Å². The van der Waals surface area contributed by atoms with Crippen LogP contribution in [-0.2, 0) is 7.05 Å². The van der Waals surface area contributed by atoms with Gasteiger partial charge in [-0.1, -0.05) is 11.6 Å². The van der Waals surface area contributed by atoms with Gasteiger partial charge in [-0.2, -0.15) is 5.10 Å². The second-order valence-electron chi connectivity index (χ2n) is 3.26. The average Bonchev–Trinajstić information content (AvgIpc) is 2.60. The molecule has 0 atom stereocenters. The zero-order valence-corrected chi connectivity index (χ0v) is 10.7. The maximum absolute atomic E-state index is 5.99. The van der Waals surface area contributed by atoms with Crippen molar-refractivity contribution in [2.24, 2.45) is 7.05 Å². The Labute approximate surface area is 102 Å². The fraction of sp³-hybridized carbons (Fsp3) is 0.333. The summed E-state index contributed by atoms with van der Waals surface area (Å²) in [6.07, 6.45) is 1.51. The highest BCUT2D eigenvalue weighted by Gasteiger charge is 2.11. The van der Waals surface area contributed by atoms with Gasteiger partial charge in [0.05, 0.1) is 0 Å². The Hall–Kier alpha value is -1.14. The lowest BCUT2D eigenvalue weighted by molar-refractivity contribution is 0.684. The van der Waals surface area contributed by atoms with Crippen molar-refractivity contribution in [3.05, 3.63) is 22.9 Å². The number of hydrogen-bond donors (Lipinski definition) is 0. The topological polar surface area (TPSA) is 56.5 Å². The molecule has 2 aromatic heterocycles. The molecule has 16 heavy (non-hydrogen) atoms. The number of nitrogens with zero attached hydrogens (tertiary/aromatic N) is 5. The molecule has 2 rings (SSSR count). The largest absolute Gasteiger partial charge is 0.244 e. The summed E-state index contributed by atoms with van der Waals surface area (Å²) in [6.45, 7) is 3.70. The van der Waals surface area contributed by atoms with Gasteiger partial charge in [0.1, 0.15) is 22.3 Å². The molecular formula is C9H10ClN5S. The van der Waals surface area contributed by atoms with E-state index in [4.69, 9.17) is 11.6 Å². The molecular weight excluding hydrogens is 246 g/mol. The summed E-state index contributed by atoms with van der Waals surface area (Å²) in [4.78, 5) is 12.5. The van der Waals surface area contributed by atoms with E-state index in [0.717, 1.165) is 15.7 Å². The molecule has 0 N–H and O–H groups in total. The molecule has 2 aromatic rings. The highest BCUT2D eigenvalue weighted by Crippen LogP contribution is 2.29. The van der Waals surface area contributed by atoms with Gasteiger partial charge >= 0.3 is 0 Å². The third kappa shape index (κ3) is 2.17. The third-order valence-corrected chi connectivity index (χ3v) is 3.52. The minimum atomic E-state index is 0.483. The average molecular weight is 256 g/mol. The van der Waals surface area contributed by atoms with Crippen LogP contribution in [0.15, 0.2) is 16.5 Å². The summed E-state index contributed by atoms with van der Waals surface area (Å²) in [5.74, 6) is 0.653. The zero-order chi connectivity index (χ0) is 11.7. The molecule has 0 fully saturated rings. The number of hydrogen-bond acceptors (Lipinski definition) is 5. The molecule has 0 amide bonds. The number of rotatable bonds is 2. The maximum atomic E-state index is 5.99. The van der Waals surface area contributed by atoms with Gasteiger partial charge in [-0.25, -0.2) is 19.6 Å². The van der Waals surface area contributed by atoms with Crippen molar-refractivity contribution in [1.82, 2.24) is 24.7 Å². The van der Waals surface area contributed by atoms with E-state index in [1.807, 2.05) is 20.9 Å². The smallest absolute Gasteiger partial charge is 0.192 e. The minimum Gasteiger partial charge on any atom is -0.244 e. The van der Waals surface area contributed by atoms with Crippen molar-refractivity contribution in [2.45, 2.75) is 24.0 Å². The van der Waals surface area contributed by atoms with Crippen LogP contribution in [0.2, 0.25) is 5.15 Å². The van der Waals surface area contributed by atoms with Gasteiger partial charge in [0.2, 0.25) is 0 Å². The fourth-order valence-electron chi connectivity index (χ4n) is 1.13. The summed E-state index contributed by atoms with van der Waals surface area (Å²) >= 11 is 7.42. The molecule has 0 saturated carbocycles. The molecule has 0 aliphatic heterocycles. The summed E-state index contributed by atoms with van der Waals surface area (Å²) in [5.41, 5.74) is 0.861. The summed E-state index contributed by atoms with van der Waals surface area (Å²) < 4.78 is 1.69. The maximum Gasteiger partial charge on any atom is 0.192 e. The van der Waals surface area contributed by atoms with Gasteiger partial charge in [0, 0.05) is 12.6 Å². The van der Waals surface area contributed by atoms with Crippen molar-refractivity contribution >= 4 is 23.4 Å². The van der Waals surface area contributed by atoms with Crippen LogP contribution in [0.25, 0.3) is 0 Å². The lowest BCUT2D eigenvalue weighted by atomic mass is 10.4. The van der Waals surface area contributed by atoms with Gasteiger partial charge in [-0.3, -0.25) is 0 Å². The molecule has 5 nitrogen and oxygen atoms in total. The van der Waals surface area contributed by atoms with E-state index in [1.54, 1.807) is 4.68 Å². The molecule has 7 heteroatoms. The molecule has 0 aliphatic rings.